The number of furan rings is 2. The quantitative estimate of drug-likeness (QED) is 0.0290. The minimum atomic E-state index is -7.22. The van der Waals surface area contributed by atoms with Crippen LogP contribution in [0, 0.1) is 124 Å². The summed E-state index contributed by atoms with van der Waals surface area (Å²) in [6.07, 6.45) is -2.89. The molecule has 0 N–H and O–H groups in total. The van der Waals surface area contributed by atoms with E-state index >= 15 is 35.1 Å². The van der Waals surface area contributed by atoms with Crippen LogP contribution in [0.5, 0.6) is 11.9 Å². The fourth-order valence-electron chi connectivity index (χ4n) is 6.45. The maximum absolute atomic E-state index is 15.4. The van der Waals surface area contributed by atoms with Crippen LogP contribution >= 0.6 is 0 Å². The number of hydrogen-bond donors (Lipinski definition) is 0. The molecule has 0 saturated carbocycles. The normalized spacial score (nSPS) is 11.6. The van der Waals surface area contributed by atoms with Gasteiger partial charge in [-0.2, -0.15) is 0 Å². The van der Waals surface area contributed by atoms with E-state index in [0.29, 0.717) is 25.1 Å². The van der Waals surface area contributed by atoms with E-state index in [-0.39, 0.29) is 0 Å². The molecule has 6 rings (SSSR count). The smallest absolute Gasteiger partial charge is 0.443 e. The average Bonchev–Trinajstić information content (AvgIpc) is 3.95. The Hall–Kier alpha value is -5.57. The van der Waals surface area contributed by atoms with Crippen molar-refractivity contribution in [2.45, 2.75) is 39.5 Å². The van der Waals surface area contributed by atoms with Crippen LogP contribution in [0.1, 0.15) is 39.5 Å². The van der Waals surface area contributed by atoms with Gasteiger partial charge >= 0.3 is 28.7 Å². The molecule has 6 aromatic rings. The van der Waals surface area contributed by atoms with E-state index < -0.39 is 166 Å². The number of halogens is 21. The number of hydrogen-bond acceptors (Lipinski definition) is 4. The van der Waals surface area contributed by atoms with Gasteiger partial charge in [-0.3, -0.25) is 0 Å². The molecule has 0 amide bonds. The lowest BCUT2D eigenvalue weighted by atomic mass is 9.12. The lowest BCUT2D eigenvalue weighted by Crippen LogP contribution is -3.61. The predicted octanol–water partition coefficient (Wildman–Crippen LogP) is 7.20. The van der Waals surface area contributed by atoms with Crippen molar-refractivity contribution in [1.82, 2.24) is 0 Å². The average molecular weight is 1080 g/mol. The molecule has 0 aliphatic heterocycles. The van der Waals surface area contributed by atoms with Gasteiger partial charge in [0.25, 0.3) is 11.9 Å². The molecule has 0 saturated heterocycles. The maximum atomic E-state index is 15.4. The van der Waals surface area contributed by atoms with E-state index in [2.05, 4.69) is 13.8 Å². The van der Waals surface area contributed by atoms with E-state index in [4.69, 9.17) is 18.3 Å². The predicted molar refractivity (Wildman–Crippen MR) is 185 cm³/mol. The van der Waals surface area contributed by atoms with Crippen LogP contribution < -0.4 is 52.5 Å². The molecule has 0 atom stereocenters. The van der Waals surface area contributed by atoms with Crippen LogP contribution in [0.4, 0.5) is 87.8 Å². The highest BCUT2D eigenvalue weighted by atomic mass is 127. The highest BCUT2D eigenvalue weighted by molar-refractivity contribution is 7.20. The molecule has 0 unspecified atom stereocenters. The second-order valence-electron chi connectivity index (χ2n) is 13.4. The van der Waals surface area contributed by atoms with Gasteiger partial charge < -0.3 is 18.3 Å². The molecular formula is C40H22BF20IO4. The third kappa shape index (κ3) is 8.99. The molecule has 2 heterocycles. The molecular weight excluding hydrogens is 1060 g/mol. The summed E-state index contributed by atoms with van der Waals surface area (Å²) in [5, 5.41) is 0. The summed E-state index contributed by atoms with van der Waals surface area (Å²) >= 11 is -0.462. The molecule has 66 heavy (non-hydrogen) atoms. The summed E-state index contributed by atoms with van der Waals surface area (Å²) in [6, 6.07) is 7.70. The number of benzene rings is 4. The molecule has 4 nitrogen and oxygen atoms in total. The van der Waals surface area contributed by atoms with Crippen LogP contribution in [0.15, 0.2) is 33.1 Å². The topological polar surface area (TPSA) is 44.7 Å². The monoisotopic (exact) mass is 1080 g/mol. The van der Waals surface area contributed by atoms with E-state index in [1.54, 1.807) is 0 Å². The van der Waals surface area contributed by atoms with Gasteiger partial charge in [0.05, 0.1) is 13.2 Å². The molecule has 0 spiro atoms. The minimum absolute atomic E-state index is 0.462. The summed E-state index contributed by atoms with van der Waals surface area (Å²) in [6.45, 7) is 5.69. The Kier molecular flexibility index (Phi) is 16.0. The molecule has 26 heteroatoms. The minimum Gasteiger partial charge on any atom is -0.465 e. The van der Waals surface area contributed by atoms with Gasteiger partial charge in [0.1, 0.15) is 52.7 Å². The Morgan fingerprint density at radius 2 is 0.561 bits per heavy atom. The summed E-state index contributed by atoms with van der Waals surface area (Å²) in [7, 11) is 0. The van der Waals surface area contributed by atoms with Gasteiger partial charge in [-0.05, 0) is 12.8 Å². The van der Waals surface area contributed by atoms with Crippen molar-refractivity contribution < 1.29 is 127 Å². The van der Waals surface area contributed by atoms with Crippen LogP contribution in [0.25, 0.3) is 0 Å². The molecule has 0 bridgehead atoms. The van der Waals surface area contributed by atoms with Crippen LogP contribution in [-0.2, 0) is 0 Å². The lowest BCUT2D eigenvalue weighted by Gasteiger charge is -2.44. The van der Waals surface area contributed by atoms with Gasteiger partial charge in [-0.15, -0.1) is 21.9 Å². The van der Waals surface area contributed by atoms with Crippen LogP contribution in [0.2, 0.25) is 0 Å². The first-order chi connectivity index (χ1) is 31.0. The maximum Gasteiger partial charge on any atom is 0.443 e. The number of ether oxygens (including phenoxy) is 2. The van der Waals surface area contributed by atoms with Crippen molar-refractivity contribution in [3.05, 3.63) is 148 Å². The summed E-state index contributed by atoms with van der Waals surface area (Å²) in [5.74, 6) is -70.2. The van der Waals surface area contributed by atoms with Gasteiger partial charge in [-0.25, -0.2) is 87.8 Å². The molecule has 0 aliphatic rings. The SMILES string of the molecule is CCCCOc1ccc([I+]c2ccc(OCCCC)o2)o1.Fc1c(F)c(F)c([B-](c2c(F)c(F)c(F)c(F)c2F)(c2c(F)c(F)c(F)c(F)c2F)c2c(F)c(F)c(F)c(F)c2F)c(F)c1F. The van der Waals surface area contributed by atoms with Crippen LogP contribution in [-0.4, -0.2) is 19.4 Å². The van der Waals surface area contributed by atoms with E-state index in [1.165, 1.54) is 0 Å². The van der Waals surface area contributed by atoms with E-state index in [1.807, 2.05) is 24.3 Å². The Balaban J connectivity index is 0.000000324. The molecule has 0 fully saturated rings. The standard InChI is InChI=1S/C24BF20.C16H22IO4/c26-5-1(6(27)14(35)21(42)13(5)34)25(2-7(28)15(36)22(43)16(37)8(2)29,3-9(30)17(38)23(44)18(39)10(3)31)4-11(32)19(40)24(45)20(41)12(4)33;1-3-5-11-18-15-9-7-13(20-15)17-14-8-10-16(21-14)19-12-6-4-2/h;7-10H,3-6,11-12H2,1-2H3/q-1;+1. The third-order valence-corrected chi connectivity index (χ3v) is 11.7. The van der Waals surface area contributed by atoms with Gasteiger partial charge in [0.15, 0.2) is 69.8 Å². The second kappa shape index (κ2) is 20.5. The van der Waals surface area contributed by atoms with Crippen LogP contribution in [0.3, 0.4) is 0 Å². The van der Waals surface area contributed by atoms with Crippen molar-refractivity contribution in [1.29, 1.82) is 0 Å². The van der Waals surface area contributed by atoms with Crippen molar-refractivity contribution in [3.8, 4) is 11.9 Å². The van der Waals surface area contributed by atoms with Gasteiger partial charge in [-0.1, -0.05) is 26.7 Å². The first-order valence-corrected chi connectivity index (χ1v) is 20.5. The van der Waals surface area contributed by atoms with E-state index in [0.717, 1.165) is 33.2 Å². The highest BCUT2D eigenvalue weighted by Crippen LogP contribution is 2.31. The summed E-state index contributed by atoms with van der Waals surface area (Å²) < 4.78 is 318. The number of unbranched alkanes of at least 4 members (excludes halogenated alkanes) is 2. The molecule has 2 aromatic heterocycles. The van der Waals surface area contributed by atoms with Gasteiger partial charge in [0.2, 0.25) is 0 Å². The zero-order valence-corrected chi connectivity index (χ0v) is 34.9. The Bertz CT molecular complexity index is 2370. The zero-order valence-electron chi connectivity index (χ0n) is 32.7. The zero-order chi connectivity index (χ0) is 49.3. The van der Waals surface area contributed by atoms with E-state index in [9.17, 15) is 52.7 Å². The Morgan fingerprint density at radius 1 is 0.348 bits per heavy atom. The fourth-order valence-corrected chi connectivity index (χ4v) is 8.35. The van der Waals surface area contributed by atoms with Crippen molar-refractivity contribution in [2.24, 2.45) is 0 Å². The van der Waals surface area contributed by atoms with Crippen molar-refractivity contribution in [2.75, 3.05) is 13.2 Å². The summed E-state index contributed by atoms with van der Waals surface area (Å²) in [4.78, 5) is 0. The highest BCUT2D eigenvalue weighted by Gasteiger charge is 2.52. The van der Waals surface area contributed by atoms with Crippen molar-refractivity contribution >= 4 is 28.0 Å². The molecule has 4 aromatic carbocycles. The first kappa shape index (κ1) is 51.4. The second-order valence-corrected chi connectivity index (χ2v) is 16.1. The third-order valence-electron chi connectivity index (χ3n) is 9.47. The fraction of sp³-hybridized carbons (Fsp3) is 0.200. The summed E-state index contributed by atoms with van der Waals surface area (Å²) in [5.41, 5.74) is -14.3. The first-order valence-electron chi connectivity index (χ1n) is 18.3. The van der Waals surface area contributed by atoms with Crippen molar-refractivity contribution in [3.63, 3.8) is 0 Å². The number of rotatable bonds is 14. The molecule has 0 radical (unpaired) electrons. The van der Waals surface area contributed by atoms with Gasteiger partial charge in [0, 0.05) is 24.3 Å². The lowest BCUT2D eigenvalue weighted by molar-refractivity contribution is -0.636. The Morgan fingerprint density at radius 3 is 0.773 bits per heavy atom. The molecule has 356 valence electrons. The Labute approximate surface area is 367 Å². The molecule has 0 aliphatic carbocycles. The largest absolute Gasteiger partial charge is 0.465 e.